The Hall–Kier alpha value is -2.31. The molecule has 0 bridgehead atoms. The molecule has 2 aromatic carbocycles. The van der Waals surface area contributed by atoms with Crippen LogP contribution in [0.15, 0.2) is 36.4 Å². The van der Waals surface area contributed by atoms with Gasteiger partial charge in [-0.2, -0.15) is 0 Å². The summed E-state index contributed by atoms with van der Waals surface area (Å²) < 4.78 is 24.9. The number of amides is 1. The zero-order chi connectivity index (χ0) is 20.6. The number of nitrogens with one attached hydrogen (secondary N) is 1. The number of halogens is 2. The summed E-state index contributed by atoms with van der Waals surface area (Å²) in [6.07, 6.45) is 2.53. The predicted octanol–water partition coefficient (Wildman–Crippen LogP) is 4.17. The molecule has 0 unspecified atom stereocenters. The van der Waals surface area contributed by atoms with Gasteiger partial charge in [-0.15, -0.1) is 0 Å². The van der Waals surface area contributed by atoms with Gasteiger partial charge in [-0.05, 0) is 37.1 Å². The first-order valence-corrected chi connectivity index (χ1v) is 10.2. The number of ether oxygens (including phenoxy) is 2. The van der Waals surface area contributed by atoms with Crippen LogP contribution in [0.25, 0.3) is 0 Å². The Kier molecular flexibility index (Phi) is 7.72. The number of carbonyl (C=O) groups is 1. The summed E-state index contributed by atoms with van der Waals surface area (Å²) in [5.74, 6) is 0.958. The number of likely N-dealkylation sites (tertiary alicyclic amines) is 1. The Labute approximate surface area is 175 Å². The van der Waals surface area contributed by atoms with Crippen molar-refractivity contribution in [2.45, 2.75) is 32.4 Å². The fraction of sp³-hybridized carbons (Fsp3) is 0.409. The van der Waals surface area contributed by atoms with Crippen LogP contribution in [0.1, 0.15) is 30.4 Å². The molecule has 0 atom stereocenters. The van der Waals surface area contributed by atoms with E-state index < -0.39 is 0 Å². The first kappa shape index (κ1) is 21.4. The zero-order valence-electron chi connectivity index (χ0n) is 16.5. The van der Waals surface area contributed by atoms with Crippen molar-refractivity contribution in [3.8, 4) is 11.5 Å². The van der Waals surface area contributed by atoms with Gasteiger partial charge in [0.15, 0.2) is 11.5 Å². The van der Waals surface area contributed by atoms with Gasteiger partial charge in [0.1, 0.15) is 12.4 Å². The number of methoxy groups -OCH3 is 1. The first-order chi connectivity index (χ1) is 14.1. The number of hydrogen-bond donors (Lipinski definition) is 1. The smallest absolute Gasteiger partial charge is 0.222 e. The summed E-state index contributed by atoms with van der Waals surface area (Å²) in [7, 11) is 1.56. The Morgan fingerprint density at radius 2 is 2.03 bits per heavy atom. The molecular formula is C22H26ClFN2O3. The fourth-order valence-corrected chi connectivity index (χ4v) is 3.53. The van der Waals surface area contributed by atoms with Crippen LogP contribution >= 0.6 is 11.6 Å². The lowest BCUT2D eigenvalue weighted by molar-refractivity contribution is -0.127. The zero-order valence-corrected chi connectivity index (χ0v) is 17.3. The van der Waals surface area contributed by atoms with Crippen LogP contribution in [0.5, 0.6) is 11.5 Å². The van der Waals surface area contributed by atoms with Crippen LogP contribution in [0.4, 0.5) is 4.39 Å². The van der Waals surface area contributed by atoms with Crippen LogP contribution in [0.3, 0.4) is 0 Å². The average molecular weight is 421 g/mol. The summed E-state index contributed by atoms with van der Waals surface area (Å²) in [4.78, 5) is 13.5. The van der Waals surface area contributed by atoms with Crippen LogP contribution < -0.4 is 14.8 Å². The number of carbonyl (C=O) groups excluding carboxylic acids is 1. The highest BCUT2D eigenvalue weighted by molar-refractivity contribution is 6.31. The SMILES string of the molecule is COc1cc(CNCCCN2CCCC2=O)c(Cl)cc1OCc1ccccc1F. The third-order valence-corrected chi connectivity index (χ3v) is 5.29. The van der Waals surface area contributed by atoms with Crippen molar-refractivity contribution in [3.05, 3.63) is 58.4 Å². The van der Waals surface area contributed by atoms with E-state index in [0.29, 0.717) is 35.1 Å². The van der Waals surface area contributed by atoms with Crippen LogP contribution in [0.2, 0.25) is 5.02 Å². The minimum atomic E-state index is -0.311. The molecule has 0 radical (unpaired) electrons. The molecule has 3 rings (SSSR count). The van der Waals surface area contributed by atoms with Gasteiger partial charge in [-0.3, -0.25) is 4.79 Å². The summed E-state index contributed by atoms with van der Waals surface area (Å²) in [6.45, 7) is 3.11. The standard InChI is InChI=1S/C22H26ClFN2O3/c1-28-20-12-17(14-25-9-5-11-26-10-4-8-22(26)27)18(23)13-21(20)29-15-16-6-2-3-7-19(16)24/h2-3,6-7,12-13,25H,4-5,8-11,14-15H2,1H3. The molecule has 7 heteroatoms. The maximum atomic E-state index is 13.8. The molecule has 1 N–H and O–H groups in total. The number of hydrogen-bond acceptors (Lipinski definition) is 4. The summed E-state index contributed by atoms with van der Waals surface area (Å²) in [5, 5.41) is 3.90. The molecule has 0 aliphatic carbocycles. The highest BCUT2D eigenvalue weighted by atomic mass is 35.5. The van der Waals surface area contributed by atoms with E-state index in [-0.39, 0.29) is 18.3 Å². The molecule has 0 saturated carbocycles. The summed E-state index contributed by atoms with van der Waals surface area (Å²) >= 11 is 6.40. The van der Waals surface area contributed by atoms with E-state index in [4.69, 9.17) is 21.1 Å². The molecule has 1 amide bonds. The lowest BCUT2D eigenvalue weighted by atomic mass is 10.2. The third kappa shape index (κ3) is 5.84. The topological polar surface area (TPSA) is 50.8 Å². The van der Waals surface area contributed by atoms with Crippen molar-refractivity contribution in [1.29, 1.82) is 0 Å². The molecule has 1 aliphatic rings. The molecule has 0 aromatic heterocycles. The highest BCUT2D eigenvalue weighted by Gasteiger charge is 2.19. The van der Waals surface area contributed by atoms with Gasteiger partial charge in [0.05, 0.1) is 7.11 Å². The van der Waals surface area contributed by atoms with Gasteiger partial charge >= 0.3 is 0 Å². The van der Waals surface area contributed by atoms with Gasteiger partial charge in [-0.25, -0.2) is 4.39 Å². The number of benzene rings is 2. The van der Waals surface area contributed by atoms with Crippen molar-refractivity contribution in [1.82, 2.24) is 10.2 Å². The van der Waals surface area contributed by atoms with E-state index >= 15 is 0 Å². The van der Waals surface area contributed by atoms with Crippen LogP contribution in [-0.2, 0) is 17.9 Å². The van der Waals surface area contributed by atoms with E-state index in [9.17, 15) is 9.18 Å². The number of nitrogens with zero attached hydrogens (tertiary/aromatic N) is 1. The second-order valence-electron chi connectivity index (χ2n) is 6.99. The maximum absolute atomic E-state index is 13.8. The third-order valence-electron chi connectivity index (χ3n) is 4.94. The predicted molar refractivity (Wildman–Crippen MR) is 111 cm³/mol. The molecule has 2 aromatic rings. The second-order valence-corrected chi connectivity index (χ2v) is 7.40. The average Bonchev–Trinajstić information content (AvgIpc) is 3.13. The van der Waals surface area contributed by atoms with Crippen LogP contribution in [0, 0.1) is 5.82 Å². The summed E-state index contributed by atoms with van der Waals surface area (Å²) in [5.41, 5.74) is 1.35. The molecular weight excluding hydrogens is 395 g/mol. The largest absolute Gasteiger partial charge is 0.493 e. The van der Waals surface area contributed by atoms with Gasteiger partial charge in [0.2, 0.25) is 5.91 Å². The minimum Gasteiger partial charge on any atom is -0.493 e. The molecule has 1 aliphatic heterocycles. The molecule has 1 saturated heterocycles. The lowest BCUT2D eigenvalue weighted by Gasteiger charge is -2.16. The van der Waals surface area contributed by atoms with Gasteiger partial charge in [0.25, 0.3) is 0 Å². The van der Waals surface area contributed by atoms with E-state index in [1.165, 1.54) is 6.07 Å². The lowest BCUT2D eigenvalue weighted by Crippen LogP contribution is -2.28. The molecule has 29 heavy (non-hydrogen) atoms. The van der Waals surface area contributed by atoms with Gasteiger partial charge in [0, 0.05) is 42.7 Å². The Balaban J connectivity index is 1.52. The highest BCUT2D eigenvalue weighted by Crippen LogP contribution is 2.34. The van der Waals surface area contributed by atoms with Crippen LogP contribution in [-0.4, -0.2) is 37.6 Å². The number of rotatable bonds is 10. The molecule has 1 fully saturated rings. The van der Waals surface area contributed by atoms with E-state index in [2.05, 4.69) is 5.32 Å². The van der Waals surface area contributed by atoms with Gasteiger partial charge in [-0.1, -0.05) is 29.8 Å². The Morgan fingerprint density at radius 1 is 1.21 bits per heavy atom. The van der Waals surface area contributed by atoms with Crippen molar-refractivity contribution in [2.24, 2.45) is 0 Å². The van der Waals surface area contributed by atoms with E-state index in [0.717, 1.165) is 38.0 Å². The normalized spacial score (nSPS) is 13.8. The first-order valence-electron chi connectivity index (χ1n) is 9.79. The van der Waals surface area contributed by atoms with Crippen molar-refractivity contribution in [3.63, 3.8) is 0 Å². The van der Waals surface area contributed by atoms with Crippen molar-refractivity contribution >= 4 is 17.5 Å². The Morgan fingerprint density at radius 3 is 2.76 bits per heavy atom. The molecule has 0 spiro atoms. The van der Waals surface area contributed by atoms with Gasteiger partial charge < -0.3 is 19.7 Å². The summed E-state index contributed by atoms with van der Waals surface area (Å²) in [6, 6.07) is 10.0. The Bertz CT molecular complexity index is 847. The van der Waals surface area contributed by atoms with Crippen molar-refractivity contribution < 1.29 is 18.7 Å². The van der Waals surface area contributed by atoms with E-state index in [1.54, 1.807) is 31.4 Å². The second kappa shape index (κ2) is 10.5. The molecule has 5 nitrogen and oxygen atoms in total. The van der Waals surface area contributed by atoms with E-state index in [1.807, 2.05) is 11.0 Å². The molecule has 156 valence electrons. The maximum Gasteiger partial charge on any atom is 0.222 e. The monoisotopic (exact) mass is 420 g/mol. The minimum absolute atomic E-state index is 0.0895. The van der Waals surface area contributed by atoms with Crippen molar-refractivity contribution in [2.75, 3.05) is 26.7 Å². The quantitative estimate of drug-likeness (QED) is 0.586. The fourth-order valence-electron chi connectivity index (χ4n) is 3.31. The molecule has 1 heterocycles.